The van der Waals surface area contributed by atoms with E-state index in [4.69, 9.17) is 26.6 Å². The van der Waals surface area contributed by atoms with E-state index < -0.39 is 11.2 Å². The Bertz CT molecular complexity index is 663. The van der Waals surface area contributed by atoms with Crippen molar-refractivity contribution in [2.24, 2.45) is 5.73 Å². The molecule has 21 heavy (non-hydrogen) atoms. The van der Waals surface area contributed by atoms with Crippen LogP contribution in [0.4, 0.5) is 4.39 Å². The van der Waals surface area contributed by atoms with E-state index in [-0.39, 0.29) is 17.5 Å². The number of halogens is 2. The van der Waals surface area contributed by atoms with E-state index in [1.165, 1.54) is 6.07 Å². The van der Waals surface area contributed by atoms with Crippen molar-refractivity contribution in [3.63, 3.8) is 0 Å². The van der Waals surface area contributed by atoms with Crippen LogP contribution in [0.2, 0.25) is 5.02 Å². The van der Waals surface area contributed by atoms with Gasteiger partial charge in [0.25, 0.3) is 0 Å². The van der Waals surface area contributed by atoms with Crippen LogP contribution in [0.1, 0.15) is 24.2 Å². The van der Waals surface area contributed by atoms with E-state index in [1.54, 1.807) is 12.1 Å². The molecule has 0 bridgehead atoms. The summed E-state index contributed by atoms with van der Waals surface area (Å²) in [5, 5.41) is 3.98. The monoisotopic (exact) mass is 311 g/mol. The maximum Gasteiger partial charge on any atom is 0.236 e. The lowest BCUT2D eigenvalue weighted by Crippen LogP contribution is -2.42. The van der Waals surface area contributed by atoms with Gasteiger partial charge in [-0.15, -0.1) is 0 Å². The average Bonchev–Trinajstić information content (AvgIpc) is 3.04. The number of hydrogen-bond acceptors (Lipinski definition) is 5. The Balaban J connectivity index is 1.84. The predicted molar refractivity (Wildman–Crippen MR) is 74.7 cm³/mol. The van der Waals surface area contributed by atoms with Gasteiger partial charge in [0.15, 0.2) is 5.82 Å². The van der Waals surface area contributed by atoms with Crippen LogP contribution in [0.25, 0.3) is 0 Å². The van der Waals surface area contributed by atoms with Crippen molar-refractivity contribution in [3.8, 4) is 0 Å². The van der Waals surface area contributed by atoms with Crippen molar-refractivity contribution >= 4 is 11.6 Å². The van der Waals surface area contributed by atoms with Crippen LogP contribution in [0.5, 0.6) is 0 Å². The average molecular weight is 312 g/mol. The molecule has 1 aromatic heterocycles. The molecule has 112 valence electrons. The number of aromatic nitrogens is 2. The molecule has 1 aliphatic heterocycles. The van der Waals surface area contributed by atoms with Crippen molar-refractivity contribution in [3.05, 3.63) is 46.3 Å². The molecule has 0 saturated carbocycles. The lowest BCUT2D eigenvalue weighted by atomic mass is 9.86. The number of benzene rings is 1. The van der Waals surface area contributed by atoms with Gasteiger partial charge in [-0.1, -0.05) is 28.9 Å². The first-order valence-electron chi connectivity index (χ1n) is 6.60. The summed E-state index contributed by atoms with van der Waals surface area (Å²) in [5.74, 6) is 0.356. The third-order valence-electron chi connectivity index (χ3n) is 3.85. The second kappa shape index (κ2) is 5.36. The van der Waals surface area contributed by atoms with E-state index in [0.717, 1.165) is 0 Å². The van der Waals surface area contributed by atoms with E-state index in [9.17, 15) is 4.39 Å². The minimum Gasteiger partial charge on any atom is -0.379 e. The van der Waals surface area contributed by atoms with Gasteiger partial charge in [-0.05, 0) is 18.6 Å². The number of ether oxygens (including phenoxy) is 1. The van der Waals surface area contributed by atoms with Crippen LogP contribution in [0, 0.1) is 5.82 Å². The van der Waals surface area contributed by atoms with Crippen molar-refractivity contribution in [1.82, 2.24) is 10.1 Å². The van der Waals surface area contributed by atoms with Gasteiger partial charge >= 0.3 is 0 Å². The summed E-state index contributed by atoms with van der Waals surface area (Å²) in [6.07, 6.45) is 0.210. The summed E-state index contributed by atoms with van der Waals surface area (Å²) in [6.45, 7) is 2.81. The van der Waals surface area contributed by atoms with Crippen LogP contribution >= 0.6 is 11.6 Å². The fourth-order valence-electron chi connectivity index (χ4n) is 2.32. The third kappa shape index (κ3) is 2.54. The van der Waals surface area contributed by atoms with Crippen molar-refractivity contribution in [2.45, 2.75) is 24.8 Å². The Kier molecular flexibility index (Phi) is 3.69. The van der Waals surface area contributed by atoms with Gasteiger partial charge in [0.2, 0.25) is 5.89 Å². The summed E-state index contributed by atoms with van der Waals surface area (Å²) >= 11 is 5.76. The van der Waals surface area contributed by atoms with Crippen LogP contribution in [0.3, 0.4) is 0 Å². The van der Waals surface area contributed by atoms with Gasteiger partial charge in [-0.3, -0.25) is 0 Å². The molecule has 5 nitrogen and oxygen atoms in total. The van der Waals surface area contributed by atoms with Gasteiger partial charge < -0.3 is 15.0 Å². The van der Waals surface area contributed by atoms with Gasteiger partial charge in [0.05, 0.1) is 23.7 Å². The van der Waals surface area contributed by atoms with Crippen LogP contribution < -0.4 is 5.73 Å². The highest BCUT2D eigenvalue weighted by Gasteiger charge is 2.44. The summed E-state index contributed by atoms with van der Waals surface area (Å²) in [4.78, 5) is 4.33. The van der Waals surface area contributed by atoms with Crippen molar-refractivity contribution < 1.29 is 13.7 Å². The SMILES string of the molecule is CC1(c2nc(Cc3cccc(Cl)c3F)no2)COCC1N. The number of nitrogens with zero attached hydrogens (tertiary/aromatic N) is 2. The highest BCUT2D eigenvalue weighted by Crippen LogP contribution is 2.31. The molecule has 2 aromatic rings. The largest absolute Gasteiger partial charge is 0.379 e. The number of hydrogen-bond donors (Lipinski definition) is 1. The molecule has 2 N–H and O–H groups in total. The van der Waals surface area contributed by atoms with E-state index >= 15 is 0 Å². The lowest BCUT2D eigenvalue weighted by Gasteiger charge is -2.21. The molecule has 1 fully saturated rings. The van der Waals surface area contributed by atoms with Gasteiger partial charge in [-0.2, -0.15) is 4.98 Å². The van der Waals surface area contributed by atoms with Gasteiger partial charge in [-0.25, -0.2) is 4.39 Å². The summed E-state index contributed by atoms with van der Waals surface area (Å²) in [7, 11) is 0. The van der Waals surface area contributed by atoms with E-state index in [0.29, 0.717) is 30.5 Å². The van der Waals surface area contributed by atoms with Crippen molar-refractivity contribution in [2.75, 3.05) is 13.2 Å². The fourth-order valence-corrected chi connectivity index (χ4v) is 2.52. The summed E-state index contributed by atoms with van der Waals surface area (Å²) in [5.41, 5.74) is 5.94. The summed E-state index contributed by atoms with van der Waals surface area (Å²) in [6, 6.07) is 4.62. The van der Waals surface area contributed by atoms with Gasteiger partial charge in [0.1, 0.15) is 5.82 Å². The molecule has 0 amide bonds. The summed E-state index contributed by atoms with van der Waals surface area (Å²) < 4.78 is 24.5. The third-order valence-corrected chi connectivity index (χ3v) is 4.15. The second-order valence-electron chi connectivity index (χ2n) is 5.44. The Hall–Kier alpha value is -1.50. The highest BCUT2D eigenvalue weighted by atomic mass is 35.5. The minimum atomic E-state index is -0.502. The molecule has 0 aliphatic carbocycles. The van der Waals surface area contributed by atoms with Crippen LogP contribution in [0.15, 0.2) is 22.7 Å². The molecule has 1 aromatic carbocycles. The quantitative estimate of drug-likeness (QED) is 0.939. The Morgan fingerprint density at radius 3 is 3.05 bits per heavy atom. The highest BCUT2D eigenvalue weighted by molar-refractivity contribution is 6.30. The Labute approximate surface area is 126 Å². The van der Waals surface area contributed by atoms with Crippen LogP contribution in [-0.2, 0) is 16.6 Å². The molecule has 0 radical (unpaired) electrons. The molecule has 3 rings (SSSR count). The first-order valence-corrected chi connectivity index (χ1v) is 6.98. The zero-order chi connectivity index (χ0) is 15.0. The predicted octanol–water partition coefficient (Wildman–Crippen LogP) is 2.07. The topological polar surface area (TPSA) is 74.2 Å². The number of nitrogens with two attached hydrogens (primary N) is 1. The molecule has 2 unspecified atom stereocenters. The Morgan fingerprint density at radius 1 is 1.52 bits per heavy atom. The molecule has 2 atom stereocenters. The molecule has 2 heterocycles. The van der Waals surface area contributed by atoms with Crippen molar-refractivity contribution in [1.29, 1.82) is 0 Å². The maximum absolute atomic E-state index is 13.9. The maximum atomic E-state index is 13.9. The normalized spacial score (nSPS) is 25.4. The smallest absolute Gasteiger partial charge is 0.236 e. The fraction of sp³-hybridized carbons (Fsp3) is 0.429. The molecule has 7 heteroatoms. The first-order chi connectivity index (χ1) is 10.0. The molecule has 1 aliphatic rings. The molecular weight excluding hydrogens is 297 g/mol. The van der Waals surface area contributed by atoms with E-state index in [2.05, 4.69) is 10.1 Å². The van der Waals surface area contributed by atoms with Crippen LogP contribution in [-0.4, -0.2) is 29.4 Å². The van der Waals surface area contributed by atoms with Gasteiger partial charge in [0, 0.05) is 12.5 Å². The lowest BCUT2D eigenvalue weighted by molar-refractivity contribution is 0.169. The van der Waals surface area contributed by atoms with E-state index in [1.807, 2.05) is 6.92 Å². The standard InChI is InChI=1S/C14H15ClFN3O2/c1-14(7-20-6-10(14)17)13-18-11(19-21-13)5-8-3-2-4-9(15)12(8)16/h2-4,10H,5-7,17H2,1H3. The molecule has 0 spiro atoms. The molecule has 1 saturated heterocycles. The Morgan fingerprint density at radius 2 is 2.33 bits per heavy atom. The number of rotatable bonds is 3. The minimum absolute atomic E-state index is 0.0781. The first kappa shape index (κ1) is 14.4. The zero-order valence-electron chi connectivity index (χ0n) is 11.5. The molecular formula is C14H15ClFN3O2. The zero-order valence-corrected chi connectivity index (χ0v) is 12.2. The second-order valence-corrected chi connectivity index (χ2v) is 5.85.